The van der Waals surface area contributed by atoms with Crippen molar-refractivity contribution < 1.29 is 9.59 Å². The summed E-state index contributed by atoms with van der Waals surface area (Å²) in [5.74, 6) is 2.58. The summed E-state index contributed by atoms with van der Waals surface area (Å²) in [6.45, 7) is 23.5. The molecule has 2 aromatic carbocycles. The van der Waals surface area contributed by atoms with E-state index in [0.717, 1.165) is 59.6 Å². The Hall–Kier alpha value is -3.14. The average molecular weight is 571 g/mol. The molecular formula is C38H54N2O2. The summed E-state index contributed by atoms with van der Waals surface area (Å²) >= 11 is 0. The molecule has 0 heterocycles. The molecule has 2 aliphatic carbocycles. The number of rotatable bonds is 10. The number of hydrogen-bond acceptors (Lipinski definition) is 4. The Morgan fingerprint density at radius 2 is 1.02 bits per heavy atom. The lowest BCUT2D eigenvalue weighted by atomic mass is 9.97. The number of allylic oxidation sites excluding steroid dienone is 4. The lowest BCUT2D eigenvalue weighted by Gasteiger charge is -2.17. The molecule has 0 amide bonds. The van der Waals surface area contributed by atoms with E-state index in [1.54, 1.807) is 0 Å². The third-order valence-corrected chi connectivity index (χ3v) is 9.37. The lowest BCUT2D eigenvalue weighted by Crippen LogP contribution is -2.12. The van der Waals surface area contributed by atoms with Crippen molar-refractivity contribution in [1.29, 1.82) is 0 Å². The van der Waals surface area contributed by atoms with Crippen LogP contribution < -0.4 is 10.6 Å². The van der Waals surface area contributed by atoms with Crippen LogP contribution in [0.15, 0.2) is 47.5 Å². The quantitative estimate of drug-likeness (QED) is 0.298. The standard InChI is InChI=1S/2C19H27NO/c2*1-6-12(2)11-20-17-9-13(3)7-8-16(17)19-15(5)14(4)10-18(19)21/h2*7-9,12,14,20H,6,10-11H2,1-5H3. The maximum Gasteiger partial charge on any atom is 0.164 e. The molecule has 2 aromatic rings. The minimum atomic E-state index is 0.287. The molecule has 4 heteroatoms. The van der Waals surface area contributed by atoms with E-state index in [1.165, 1.54) is 22.3 Å². The van der Waals surface area contributed by atoms with Crippen molar-refractivity contribution in [3.8, 4) is 0 Å². The first-order valence-corrected chi connectivity index (χ1v) is 16.0. The highest BCUT2D eigenvalue weighted by atomic mass is 16.1. The Kier molecular flexibility index (Phi) is 11.8. The lowest BCUT2D eigenvalue weighted by molar-refractivity contribution is -0.114. The molecule has 0 aromatic heterocycles. The van der Waals surface area contributed by atoms with Crippen molar-refractivity contribution in [1.82, 2.24) is 0 Å². The third-order valence-electron chi connectivity index (χ3n) is 9.37. The number of Topliss-reactive ketones (excluding diaryl/α,β-unsaturated/α-hetero) is 2. The van der Waals surface area contributed by atoms with Crippen LogP contribution in [0.3, 0.4) is 0 Å². The fourth-order valence-corrected chi connectivity index (χ4v) is 5.63. The topological polar surface area (TPSA) is 58.2 Å². The first-order chi connectivity index (χ1) is 19.9. The van der Waals surface area contributed by atoms with E-state index in [9.17, 15) is 9.59 Å². The van der Waals surface area contributed by atoms with Gasteiger partial charge in [0.2, 0.25) is 0 Å². The SMILES string of the molecule is CCC(C)CNc1cc(C)ccc1C1=C(C)C(C)CC1=O.CCC(C)CNc1cc(C)ccc1C1=C(C)C(C)CC1=O. The van der Waals surface area contributed by atoms with E-state index in [4.69, 9.17) is 0 Å². The summed E-state index contributed by atoms with van der Waals surface area (Å²) < 4.78 is 0. The van der Waals surface area contributed by atoms with Crippen LogP contribution in [-0.4, -0.2) is 24.7 Å². The molecule has 0 bridgehead atoms. The first-order valence-electron chi connectivity index (χ1n) is 16.0. The van der Waals surface area contributed by atoms with Crippen molar-refractivity contribution in [2.75, 3.05) is 23.7 Å². The highest BCUT2D eigenvalue weighted by Gasteiger charge is 2.30. The van der Waals surface area contributed by atoms with Gasteiger partial charge in [0.05, 0.1) is 0 Å². The van der Waals surface area contributed by atoms with Crippen LogP contribution >= 0.6 is 0 Å². The fraction of sp³-hybridized carbons (Fsp3) is 0.526. The zero-order valence-corrected chi connectivity index (χ0v) is 27.8. The zero-order chi connectivity index (χ0) is 31.1. The minimum absolute atomic E-state index is 0.287. The van der Waals surface area contributed by atoms with Gasteiger partial charge in [0.1, 0.15) is 0 Å². The number of carbonyl (C=O) groups excluding carboxylic acids is 2. The normalized spacial score (nSPS) is 20.0. The fourth-order valence-electron chi connectivity index (χ4n) is 5.63. The van der Waals surface area contributed by atoms with Crippen molar-refractivity contribution in [3.63, 3.8) is 0 Å². The van der Waals surface area contributed by atoms with E-state index < -0.39 is 0 Å². The van der Waals surface area contributed by atoms with Crippen molar-refractivity contribution >= 4 is 34.1 Å². The summed E-state index contributed by atoms with van der Waals surface area (Å²) in [4.78, 5) is 24.7. The third kappa shape index (κ3) is 8.02. The van der Waals surface area contributed by atoms with Crippen molar-refractivity contribution in [3.05, 3.63) is 69.8 Å². The number of carbonyl (C=O) groups is 2. The van der Waals surface area contributed by atoms with Crippen LogP contribution in [0.5, 0.6) is 0 Å². The number of benzene rings is 2. The predicted octanol–water partition coefficient (Wildman–Crippen LogP) is 9.67. The van der Waals surface area contributed by atoms with E-state index in [-0.39, 0.29) is 11.6 Å². The molecule has 0 fully saturated rings. The molecule has 4 atom stereocenters. The van der Waals surface area contributed by atoms with E-state index in [2.05, 4.69) is 116 Å². The van der Waals surface area contributed by atoms with Crippen molar-refractivity contribution in [2.24, 2.45) is 23.7 Å². The highest BCUT2D eigenvalue weighted by Crippen LogP contribution is 2.39. The highest BCUT2D eigenvalue weighted by molar-refractivity contribution is 6.25. The van der Waals surface area contributed by atoms with Gasteiger partial charge in [-0.15, -0.1) is 0 Å². The summed E-state index contributed by atoms with van der Waals surface area (Å²) in [7, 11) is 0. The van der Waals surface area contributed by atoms with Gasteiger partial charge in [-0.25, -0.2) is 0 Å². The number of aryl methyl sites for hydroxylation is 2. The van der Waals surface area contributed by atoms with Gasteiger partial charge < -0.3 is 10.6 Å². The molecule has 4 nitrogen and oxygen atoms in total. The van der Waals surface area contributed by atoms with Crippen LogP contribution in [0, 0.1) is 37.5 Å². The first kappa shape index (κ1) is 33.4. The summed E-state index contributed by atoms with van der Waals surface area (Å²) in [6.07, 6.45) is 3.62. The zero-order valence-electron chi connectivity index (χ0n) is 27.8. The molecule has 2 N–H and O–H groups in total. The Morgan fingerprint density at radius 3 is 1.31 bits per heavy atom. The Morgan fingerprint density at radius 1 is 0.667 bits per heavy atom. The molecule has 0 saturated carbocycles. The van der Waals surface area contributed by atoms with Crippen LogP contribution in [0.1, 0.15) is 103 Å². The van der Waals surface area contributed by atoms with Gasteiger partial charge in [-0.2, -0.15) is 0 Å². The second-order valence-corrected chi connectivity index (χ2v) is 13.1. The van der Waals surface area contributed by atoms with E-state index in [0.29, 0.717) is 36.5 Å². The largest absolute Gasteiger partial charge is 0.384 e. The summed E-state index contributed by atoms with van der Waals surface area (Å²) in [6, 6.07) is 12.7. The molecule has 4 unspecified atom stereocenters. The van der Waals surface area contributed by atoms with Gasteiger partial charge in [-0.3, -0.25) is 9.59 Å². The number of nitrogens with one attached hydrogen (secondary N) is 2. The van der Waals surface area contributed by atoms with Gasteiger partial charge in [0, 0.05) is 59.6 Å². The van der Waals surface area contributed by atoms with E-state index >= 15 is 0 Å². The van der Waals surface area contributed by atoms with Gasteiger partial charge in [0.15, 0.2) is 11.6 Å². The monoisotopic (exact) mass is 570 g/mol. The molecule has 228 valence electrons. The second kappa shape index (κ2) is 14.8. The molecule has 0 aliphatic heterocycles. The molecule has 2 aliphatic rings. The van der Waals surface area contributed by atoms with Gasteiger partial charge >= 0.3 is 0 Å². The molecule has 0 saturated heterocycles. The molecule has 4 rings (SSSR count). The van der Waals surface area contributed by atoms with Crippen LogP contribution in [0.4, 0.5) is 11.4 Å². The summed E-state index contributed by atoms with van der Waals surface area (Å²) in [5.41, 5.74) is 11.2. The van der Waals surface area contributed by atoms with E-state index in [1.807, 2.05) is 0 Å². The van der Waals surface area contributed by atoms with Crippen molar-refractivity contribution in [2.45, 2.75) is 94.9 Å². The van der Waals surface area contributed by atoms with Gasteiger partial charge in [0.25, 0.3) is 0 Å². The summed E-state index contributed by atoms with van der Waals surface area (Å²) in [5, 5.41) is 7.10. The van der Waals surface area contributed by atoms with Gasteiger partial charge in [-0.05, 0) is 74.6 Å². The van der Waals surface area contributed by atoms with Crippen LogP contribution in [0.2, 0.25) is 0 Å². The maximum atomic E-state index is 12.3. The Bertz CT molecular complexity index is 1250. The van der Waals surface area contributed by atoms with Crippen LogP contribution in [-0.2, 0) is 9.59 Å². The van der Waals surface area contributed by atoms with Crippen LogP contribution in [0.25, 0.3) is 11.1 Å². The Labute approximate surface area is 255 Å². The minimum Gasteiger partial charge on any atom is -0.384 e. The average Bonchev–Trinajstić information content (AvgIpc) is 3.36. The molecule has 42 heavy (non-hydrogen) atoms. The molecule has 0 spiro atoms. The predicted molar refractivity (Wildman–Crippen MR) is 181 cm³/mol. The molecular weight excluding hydrogens is 516 g/mol. The number of anilines is 2. The number of hydrogen-bond donors (Lipinski definition) is 2. The number of ketones is 2. The smallest absolute Gasteiger partial charge is 0.164 e. The van der Waals surface area contributed by atoms with Gasteiger partial charge in [-0.1, -0.05) is 89.8 Å². The maximum absolute atomic E-state index is 12.3. The second-order valence-electron chi connectivity index (χ2n) is 13.1. The Balaban J connectivity index is 0.000000230. The molecule has 0 radical (unpaired) electrons.